The largest absolute Gasteiger partial charge is 0.330 e. The molecule has 144 valence electrons. The van der Waals surface area contributed by atoms with Gasteiger partial charge in [-0.15, -0.1) is 0 Å². The molecular weight excluding hydrogens is 352 g/mol. The Morgan fingerprint density at radius 3 is 2.32 bits per heavy atom. The highest BCUT2D eigenvalue weighted by molar-refractivity contribution is 5.95. The molecule has 7 heteroatoms. The minimum absolute atomic E-state index is 0.0117. The van der Waals surface area contributed by atoms with Crippen molar-refractivity contribution in [3.63, 3.8) is 0 Å². The lowest BCUT2D eigenvalue weighted by Gasteiger charge is -2.48. The summed E-state index contributed by atoms with van der Waals surface area (Å²) < 4.78 is 0. The molecule has 1 saturated heterocycles. The van der Waals surface area contributed by atoms with Crippen LogP contribution in [-0.4, -0.2) is 47.1 Å². The zero-order chi connectivity index (χ0) is 19.8. The van der Waals surface area contributed by atoms with E-state index in [1.54, 1.807) is 17.3 Å². The summed E-state index contributed by atoms with van der Waals surface area (Å²) in [7, 11) is 4.28. The van der Waals surface area contributed by atoms with E-state index in [9.17, 15) is 4.79 Å². The lowest BCUT2D eigenvalue weighted by atomic mass is 9.69. The number of benzene rings is 1. The van der Waals surface area contributed by atoms with Gasteiger partial charge in [-0.3, -0.25) is 9.80 Å². The van der Waals surface area contributed by atoms with Gasteiger partial charge in [-0.05, 0) is 45.3 Å². The van der Waals surface area contributed by atoms with Gasteiger partial charge in [0.2, 0.25) is 5.82 Å². The van der Waals surface area contributed by atoms with Gasteiger partial charge in [-0.1, -0.05) is 30.3 Å². The van der Waals surface area contributed by atoms with Crippen molar-refractivity contribution in [1.82, 2.24) is 20.2 Å². The van der Waals surface area contributed by atoms with Gasteiger partial charge in [0.25, 0.3) is 0 Å². The Morgan fingerprint density at radius 1 is 1.11 bits per heavy atom. The van der Waals surface area contributed by atoms with Crippen molar-refractivity contribution in [2.24, 2.45) is 0 Å². The Morgan fingerprint density at radius 2 is 1.75 bits per heavy atom. The fourth-order valence-electron chi connectivity index (χ4n) is 4.60. The second kappa shape index (κ2) is 6.88. The van der Waals surface area contributed by atoms with Crippen LogP contribution in [0.5, 0.6) is 0 Å². The minimum Gasteiger partial charge on any atom is -0.330 e. The zero-order valence-corrected chi connectivity index (χ0v) is 16.2. The summed E-state index contributed by atoms with van der Waals surface area (Å²) in [5.41, 5.74) is 1.71. The number of nitrogens with zero attached hydrogens (tertiary/aromatic N) is 5. The van der Waals surface area contributed by atoms with E-state index in [0.717, 1.165) is 25.7 Å². The van der Waals surface area contributed by atoms with E-state index in [2.05, 4.69) is 58.5 Å². The number of rotatable bonds is 3. The van der Waals surface area contributed by atoms with E-state index in [4.69, 9.17) is 5.26 Å². The van der Waals surface area contributed by atoms with Gasteiger partial charge in [0.1, 0.15) is 6.07 Å². The number of urea groups is 1. The highest BCUT2D eigenvalue weighted by Gasteiger charge is 2.50. The van der Waals surface area contributed by atoms with E-state index in [0.29, 0.717) is 12.2 Å². The Bertz CT molecular complexity index is 895. The van der Waals surface area contributed by atoms with Gasteiger partial charge < -0.3 is 5.32 Å². The summed E-state index contributed by atoms with van der Waals surface area (Å²) in [6.45, 7) is 0.597. The van der Waals surface area contributed by atoms with Gasteiger partial charge in [0, 0.05) is 5.54 Å². The molecule has 7 nitrogen and oxygen atoms in total. The second-order valence-electron chi connectivity index (χ2n) is 7.97. The monoisotopic (exact) mass is 376 g/mol. The van der Waals surface area contributed by atoms with E-state index in [1.165, 1.54) is 5.56 Å². The summed E-state index contributed by atoms with van der Waals surface area (Å²) in [5, 5.41) is 12.1. The maximum absolute atomic E-state index is 12.7. The molecule has 1 spiro atoms. The predicted octanol–water partition coefficient (Wildman–Crippen LogP) is 2.65. The second-order valence-corrected chi connectivity index (χ2v) is 7.97. The number of carbonyl (C=O) groups excluding carboxylic acids is 1. The first-order valence-corrected chi connectivity index (χ1v) is 9.53. The van der Waals surface area contributed by atoms with E-state index < -0.39 is 0 Å². The van der Waals surface area contributed by atoms with Crippen LogP contribution in [0.25, 0.3) is 0 Å². The molecular formula is C21H24N6O. The highest BCUT2D eigenvalue weighted by Crippen LogP contribution is 2.46. The first-order valence-electron chi connectivity index (χ1n) is 9.53. The van der Waals surface area contributed by atoms with Crippen molar-refractivity contribution >= 4 is 11.7 Å². The van der Waals surface area contributed by atoms with Crippen LogP contribution in [0.1, 0.15) is 37.1 Å². The molecule has 2 aromatic rings. The smallest absolute Gasteiger partial charge is 0.322 e. The minimum atomic E-state index is -0.237. The van der Waals surface area contributed by atoms with Crippen LogP contribution < -0.4 is 10.2 Å². The molecule has 1 N–H and O–H groups in total. The van der Waals surface area contributed by atoms with Crippen molar-refractivity contribution in [1.29, 1.82) is 5.26 Å². The van der Waals surface area contributed by atoms with Crippen molar-refractivity contribution in [2.45, 2.75) is 36.8 Å². The molecule has 1 aromatic heterocycles. The highest BCUT2D eigenvalue weighted by atomic mass is 16.2. The molecule has 0 radical (unpaired) electrons. The van der Waals surface area contributed by atoms with Crippen LogP contribution in [0.15, 0.2) is 42.7 Å². The SMILES string of the molecule is CN(C)[C@]1(c2ccccc2)CC[C@]2(CC1)CN(c1cnc(C#N)nc1)C(=O)N2. The Labute approximate surface area is 165 Å². The Kier molecular flexibility index (Phi) is 4.52. The molecule has 0 bridgehead atoms. The van der Waals surface area contributed by atoms with E-state index in [1.807, 2.05) is 12.1 Å². The number of carbonyl (C=O) groups is 1. The number of anilines is 1. The molecule has 1 aliphatic carbocycles. The average molecular weight is 376 g/mol. The van der Waals surface area contributed by atoms with Gasteiger partial charge >= 0.3 is 6.03 Å². The van der Waals surface area contributed by atoms with Crippen LogP contribution >= 0.6 is 0 Å². The van der Waals surface area contributed by atoms with Crippen LogP contribution in [0.2, 0.25) is 0 Å². The predicted molar refractivity (Wildman–Crippen MR) is 106 cm³/mol. The molecule has 2 amide bonds. The molecule has 4 rings (SSSR count). The molecule has 0 unspecified atom stereocenters. The number of nitrogens with one attached hydrogen (secondary N) is 1. The topological polar surface area (TPSA) is 85.2 Å². The molecule has 1 aliphatic heterocycles. The normalized spacial score (nSPS) is 27.1. The lowest BCUT2D eigenvalue weighted by Crippen LogP contribution is -2.54. The van der Waals surface area contributed by atoms with Crippen molar-refractivity contribution < 1.29 is 4.79 Å². The maximum Gasteiger partial charge on any atom is 0.322 e. The van der Waals surface area contributed by atoms with Crippen LogP contribution in [0.4, 0.5) is 10.5 Å². The molecule has 28 heavy (non-hydrogen) atoms. The van der Waals surface area contributed by atoms with Gasteiger partial charge in [0.05, 0.1) is 30.2 Å². The molecule has 2 fully saturated rings. The summed E-state index contributed by atoms with van der Waals surface area (Å²) in [6, 6.07) is 12.4. The summed E-state index contributed by atoms with van der Waals surface area (Å²) in [6.07, 6.45) is 6.84. The maximum atomic E-state index is 12.7. The molecule has 1 aromatic carbocycles. The fraction of sp³-hybridized carbons (Fsp3) is 0.429. The number of amides is 2. The van der Waals surface area contributed by atoms with Gasteiger partial charge in [0.15, 0.2) is 0 Å². The van der Waals surface area contributed by atoms with Gasteiger partial charge in [-0.2, -0.15) is 5.26 Å². The standard InChI is InChI=1S/C21H24N6O/c1-26(2)21(16-6-4-3-5-7-16)10-8-20(9-11-21)15-27(19(28)25-20)17-13-23-18(12-22)24-14-17/h3-7,13-14H,8-11,15H2,1-2H3,(H,25,28)/t20-,21+. The van der Waals surface area contributed by atoms with Crippen LogP contribution in [0.3, 0.4) is 0 Å². The van der Waals surface area contributed by atoms with E-state index in [-0.39, 0.29) is 22.9 Å². The van der Waals surface area contributed by atoms with E-state index >= 15 is 0 Å². The zero-order valence-electron chi connectivity index (χ0n) is 16.2. The molecule has 0 atom stereocenters. The van der Waals surface area contributed by atoms with Crippen molar-refractivity contribution in [3.8, 4) is 6.07 Å². The summed E-state index contributed by atoms with van der Waals surface area (Å²) in [5.74, 6) is 0.106. The summed E-state index contributed by atoms with van der Waals surface area (Å²) in [4.78, 5) is 24.6. The number of hydrogen-bond donors (Lipinski definition) is 1. The first kappa shape index (κ1) is 18.4. The van der Waals surface area contributed by atoms with Gasteiger partial charge in [-0.25, -0.2) is 14.8 Å². The lowest BCUT2D eigenvalue weighted by molar-refractivity contribution is 0.0658. The Balaban J connectivity index is 1.54. The third-order valence-corrected chi connectivity index (χ3v) is 6.33. The quantitative estimate of drug-likeness (QED) is 0.890. The molecule has 2 aliphatic rings. The van der Waals surface area contributed by atoms with Crippen LogP contribution in [-0.2, 0) is 5.54 Å². The summed E-state index contributed by atoms with van der Waals surface area (Å²) >= 11 is 0. The molecule has 1 saturated carbocycles. The van der Waals surface area contributed by atoms with Crippen molar-refractivity contribution in [2.75, 3.05) is 25.5 Å². The fourth-order valence-corrected chi connectivity index (χ4v) is 4.60. The van der Waals surface area contributed by atoms with Crippen LogP contribution in [0, 0.1) is 11.3 Å². The van der Waals surface area contributed by atoms with Crippen molar-refractivity contribution in [3.05, 3.63) is 54.1 Å². The third kappa shape index (κ3) is 3.00. The Hall–Kier alpha value is -2.98. The number of hydrogen-bond acceptors (Lipinski definition) is 5. The number of nitriles is 1. The average Bonchev–Trinajstić information content (AvgIpc) is 3.05. The third-order valence-electron chi connectivity index (χ3n) is 6.33. The first-order chi connectivity index (χ1) is 13.5. The number of aromatic nitrogens is 2. The molecule has 2 heterocycles.